The minimum absolute atomic E-state index is 0.280. The zero-order valence-corrected chi connectivity index (χ0v) is 7.27. The summed E-state index contributed by atoms with van der Waals surface area (Å²) in [6.07, 6.45) is 1.54. The number of hydrogen-bond acceptors (Lipinski definition) is 4. The van der Waals surface area contributed by atoms with Gasteiger partial charge in [0.05, 0.1) is 17.8 Å². The molecule has 0 saturated carbocycles. The van der Waals surface area contributed by atoms with Crippen molar-refractivity contribution in [1.82, 2.24) is 4.98 Å². The maximum atomic E-state index is 11.0. The van der Waals surface area contributed by atoms with E-state index in [1.165, 1.54) is 17.5 Å². The van der Waals surface area contributed by atoms with E-state index in [1.54, 1.807) is 6.92 Å². The van der Waals surface area contributed by atoms with Crippen molar-refractivity contribution in [2.45, 2.75) is 13.8 Å². The van der Waals surface area contributed by atoms with Gasteiger partial charge in [-0.3, -0.25) is 0 Å². The molecule has 60 valence electrons. The van der Waals surface area contributed by atoms with Crippen molar-refractivity contribution in [3.63, 3.8) is 0 Å². The number of thiazole rings is 1. The molecule has 0 fully saturated rings. The van der Waals surface area contributed by atoms with Crippen LogP contribution >= 0.6 is 11.3 Å². The zero-order valence-electron chi connectivity index (χ0n) is 6.46. The van der Waals surface area contributed by atoms with E-state index in [0.29, 0.717) is 11.5 Å². The lowest BCUT2D eigenvalue weighted by Crippen LogP contribution is -2.01. The van der Waals surface area contributed by atoms with Gasteiger partial charge in [-0.05, 0) is 13.8 Å². The van der Waals surface area contributed by atoms with Crippen LogP contribution in [0, 0.1) is 6.92 Å². The third-order valence-electron chi connectivity index (χ3n) is 1.10. The van der Waals surface area contributed by atoms with E-state index >= 15 is 0 Å². The van der Waals surface area contributed by atoms with Gasteiger partial charge in [-0.1, -0.05) is 0 Å². The Morgan fingerprint density at radius 2 is 2.55 bits per heavy atom. The first-order chi connectivity index (χ1) is 5.24. The van der Waals surface area contributed by atoms with Crippen molar-refractivity contribution in [1.29, 1.82) is 0 Å². The second-order valence-corrected chi connectivity index (χ2v) is 3.20. The number of carbonyl (C=O) groups is 1. The Bertz CT molecular complexity index is 257. The molecule has 0 aliphatic rings. The quantitative estimate of drug-likeness (QED) is 0.635. The van der Waals surface area contributed by atoms with Crippen LogP contribution in [-0.2, 0) is 4.74 Å². The second kappa shape index (κ2) is 3.48. The molecule has 1 heterocycles. The smallest absolute Gasteiger partial charge is 0.349 e. The first-order valence-electron chi connectivity index (χ1n) is 3.33. The van der Waals surface area contributed by atoms with Gasteiger partial charge in [0, 0.05) is 0 Å². The average Bonchev–Trinajstić information content (AvgIpc) is 2.36. The Labute approximate surface area is 69.0 Å². The third-order valence-corrected chi connectivity index (χ3v) is 1.99. The van der Waals surface area contributed by atoms with Gasteiger partial charge in [0.25, 0.3) is 0 Å². The van der Waals surface area contributed by atoms with E-state index < -0.39 is 0 Å². The maximum absolute atomic E-state index is 11.0. The molecule has 0 atom stereocenters. The van der Waals surface area contributed by atoms with Crippen LogP contribution in [-0.4, -0.2) is 17.6 Å². The summed E-state index contributed by atoms with van der Waals surface area (Å²) in [5.41, 5.74) is 0. The molecule has 1 rings (SSSR count). The molecule has 0 N–H and O–H groups in total. The minimum atomic E-state index is -0.280. The topological polar surface area (TPSA) is 39.2 Å². The molecular weight excluding hydrogens is 162 g/mol. The predicted octanol–water partition coefficient (Wildman–Crippen LogP) is 1.63. The van der Waals surface area contributed by atoms with Crippen molar-refractivity contribution in [2.24, 2.45) is 0 Å². The van der Waals surface area contributed by atoms with Crippen LogP contribution in [0.5, 0.6) is 0 Å². The van der Waals surface area contributed by atoms with Crippen LogP contribution in [0.3, 0.4) is 0 Å². The van der Waals surface area contributed by atoms with Gasteiger partial charge in [-0.2, -0.15) is 0 Å². The van der Waals surface area contributed by atoms with Crippen molar-refractivity contribution >= 4 is 17.3 Å². The molecule has 0 saturated heterocycles. The first kappa shape index (κ1) is 8.20. The molecule has 0 aliphatic carbocycles. The maximum Gasteiger partial charge on any atom is 0.349 e. The molecule has 0 unspecified atom stereocenters. The molecular formula is C7H9NO2S. The van der Waals surface area contributed by atoms with Gasteiger partial charge in [-0.15, -0.1) is 11.3 Å². The number of nitrogens with zero attached hydrogens (tertiary/aromatic N) is 1. The lowest BCUT2D eigenvalue weighted by Gasteiger charge is -1.95. The highest BCUT2D eigenvalue weighted by molar-refractivity contribution is 7.13. The summed E-state index contributed by atoms with van der Waals surface area (Å²) < 4.78 is 4.77. The van der Waals surface area contributed by atoms with Crippen molar-refractivity contribution in [3.05, 3.63) is 16.1 Å². The number of aryl methyl sites for hydroxylation is 1. The van der Waals surface area contributed by atoms with Crippen molar-refractivity contribution in [2.75, 3.05) is 6.61 Å². The van der Waals surface area contributed by atoms with Crippen LogP contribution in [0.1, 0.15) is 21.6 Å². The summed E-state index contributed by atoms with van der Waals surface area (Å²) in [5, 5.41) is 0.882. The number of rotatable bonds is 2. The van der Waals surface area contributed by atoms with Crippen LogP contribution in [0.15, 0.2) is 6.20 Å². The SMILES string of the molecule is CCOC(=O)c1cnc(C)s1. The molecule has 0 amide bonds. The van der Waals surface area contributed by atoms with Gasteiger partial charge in [0.15, 0.2) is 0 Å². The standard InChI is InChI=1S/C7H9NO2S/c1-3-10-7(9)6-4-8-5(2)11-6/h4H,3H2,1-2H3. The fourth-order valence-corrected chi connectivity index (χ4v) is 1.33. The predicted molar refractivity (Wildman–Crippen MR) is 42.8 cm³/mol. The molecule has 4 heteroatoms. The molecule has 0 aliphatic heterocycles. The van der Waals surface area contributed by atoms with Gasteiger partial charge in [0.2, 0.25) is 0 Å². The zero-order chi connectivity index (χ0) is 8.27. The van der Waals surface area contributed by atoms with Crippen LogP contribution in [0.4, 0.5) is 0 Å². The van der Waals surface area contributed by atoms with E-state index in [4.69, 9.17) is 4.74 Å². The van der Waals surface area contributed by atoms with Crippen LogP contribution < -0.4 is 0 Å². The lowest BCUT2D eigenvalue weighted by atomic mass is 10.6. The molecule has 0 aromatic carbocycles. The van der Waals surface area contributed by atoms with Crippen LogP contribution in [0.2, 0.25) is 0 Å². The summed E-state index contributed by atoms with van der Waals surface area (Å²) in [7, 11) is 0. The largest absolute Gasteiger partial charge is 0.462 e. The Hall–Kier alpha value is -0.900. The molecule has 0 spiro atoms. The highest BCUT2D eigenvalue weighted by atomic mass is 32.1. The average molecular weight is 171 g/mol. The Morgan fingerprint density at radius 1 is 1.82 bits per heavy atom. The summed E-state index contributed by atoms with van der Waals surface area (Å²) in [4.78, 5) is 15.5. The van der Waals surface area contributed by atoms with E-state index in [2.05, 4.69) is 4.98 Å². The number of hydrogen-bond donors (Lipinski definition) is 0. The molecule has 0 bridgehead atoms. The summed E-state index contributed by atoms with van der Waals surface area (Å²) in [6.45, 7) is 4.05. The number of aromatic nitrogens is 1. The van der Waals surface area contributed by atoms with E-state index in [1.807, 2.05) is 6.92 Å². The molecule has 3 nitrogen and oxygen atoms in total. The summed E-state index contributed by atoms with van der Waals surface area (Å²) in [5.74, 6) is -0.280. The lowest BCUT2D eigenvalue weighted by molar-refractivity contribution is 0.0532. The van der Waals surface area contributed by atoms with E-state index in [9.17, 15) is 4.79 Å². The first-order valence-corrected chi connectivity index (χ1v) is 4.15. The third kappa shape index (κ3) is 2.01. The van der Waals surface area contributed by atoms with Gasteiger partial charge in [0.1, 0.15) is 4.88 Å². The molecule has 11 heavy (non-hydrogen) atoms. The van der Waals surface area contributed by atoms with E-state index in [0.717, 1.165) is 5.01 Å². The Balaban J connectivity index is 2.69. The fourth-order valence-electron chi connectivity index (χ4n) is 0.658. The van der Waals surface area contributed by atoms with Gasteiger partial charge < -0.3 is 4.74 Å². The fraction of sp³-hybridized carbons (Fsp3) is 0.429. The van der Waals surface area contributed by atoms with E-state index in [-0.39, 0.29) is 5.97 Å². The second-order valence-electron chi connectivity index (χ2n) is 1.96. The van der Waals surface area contributed by atoms with Gasteiger partial charge >= 0.3 is 5.97 Å². The Kier molecular flexibility index (Phi) is 2.59. The summed E-state index contributed by atoms with van der Waals surface area (Å²) in [6, 6.07) is 0. The van der Waals surface area contributed by atoms with Crippen molar-refractivity contribution in [3.8, 4) is 0 Å². The number of esters is 1. The number of ether oxygens (including phenoxy) is 1. The molecule has 0 radical (unpaired) electrons. The molecule has 1 aromatic heterocycles. The normalized spacial score (nSPS) is 9.64. The Morgan fingerprint density at radius 3 is 3.00 bits per heavy atom. The van der Waals surface area contributed by atoms with Gasteiger partial charge in [-0.25, -0.2) is 9.78 Å². The summed E-state index contributed by atoms with van der Waals surface area (Å²) >= 11 is 1.35. The monoisotopic (exact) mass is 171 g/mol. The highest BCUT2D eigenvalue weighted by Crippen LogP contribution is 2.12. The van der Waals surface area contributed by atoms with Crippen LogP contribution in [0.25, 0.3) is 0 Å². The number of carbonyl (C=O) groups excluding carboxylic acids is 1. The minimum Gasteiger partial charge on any atom is -0.462 e. The molecule has 1 aromatic rings. The highest BCUT2D eigenvalue weighted by Gasteiger charge is 2.08. The van der Waals surface area contributed by atoms with Crippen molar-refractivity contribution < 1.29 is 9.53 Å².